The number of nitrogens with two attached hydrogens (primary N) is 1. The smallest absolute Gasteiger partial charge is 0.324 e. The zero-order valence-electron chi connectivity index (χ0n) is 25.1. The van der Waals surface area contributed by atoms with E-state index >= 15 is 0 Å². The minimum absolute atomic E-state index is 0.144. The summed E-state index contributed by atoms with van der Waals surface area (Å²) in [6.07, 6.45) is 1.44. The number of carbonyl (C=O) groups excluding carboxylic acids is 3. The Morgan fingerprint density at radius 3 is 1.98 bits per heavy atom. The number of carbonyl (C=O) groups is 3. The summed E-state index contributed by atoms with van der Waals surface area (Å²) in [5.41, 5.74) is 9.92. The molecule has 0 radical (unpaired) electrons. The molecule has 1 atom stereocenters. The molecule has 44 heavy (non-hydrogen) atoms. The standard InChI is InChI=1S/C36H40N4O4/c1-2-44-32-19-17-29(18-20-32)25-33(39-34(41)31-11-7-4-8-12-31)35(42)40(24-22-27-9-5-3-6-10-27)36(43)38-26-30-15-13-28(14-16-30)21-23-37/h3-20,33H,2,21-26,37H2,1H3,(H,38,43)(H,39,41)/t33-/m1/s1. The monoisotopic (exact) mass is 592 g/mol. The number of benzene rings is 4. The zero-order valence-corrected chi connectivity index (χ0v) is 25.1. The van der Waals surface area contributed by atoms with Gasteiger partial charge in [0.2, 0.25) is 0 Å². The molecular weight excluding hydrogens is 552 g/mol. The Hall–Kier alpha value is -4.95. The molecule has 0 aromatic heterocycles. The molecule has 0 aliphatic carbocycles. The molecule has 0 saturated heterocycles. The Bertz CT molecular complexity index is 1480. The minimum atomic E-state index is -0.988. The van der Waals surface area contributed by atoms with Gasteiger partial charge in [0.1, 0.15) is 11.8 Å². The molecule has 228 valence electrons. The zero-order chi connectivity index (χ0) is 31.1. The highest BCUT2D eigenvalue weighted by atomic mass is 16.5. The molecule has 0 heterocycles. The Morgan fingerprint density at radius 1 is 0.750 bits per heavy atom. The van der Waals surface area contributed by atoms with Crippen LogP contribution in [0.15, 0.2) is 109 Å². The van der Waals surface area contributed by atoms with E-state index in [0.717, 1.165) is 28.7 Å². The van der Waals surface area contributed by atoms with Crippen LogP contribution in [-0.4, -0.2) is 48.5 Å². The number of rotatable bonds is 14. The molecule has 0 aliphatic rings. The van der Waals surface area contributed by atoms with Crippen LogP contribution in [0.2, 0.25) is 0 Å². The average Bonchev–Trinajstić information content (AvgIpc) is 3.06. The van der Waals surface area contributed by atoms with Crippen molar-refractivity contribution in [2.45, 2.75) is 38.8 Å². The van der Waals surface area contributed by atoms with Gasteiger partial charge in [-0.2, -0.15) is 0 Å². The molecule has 4 aromatic rings. The Kier molecular flexibility index (Phi) is 12.1. The summed E-state index contributed by atoms with van der Waals surface area (Å²) >= 11 is 0. The number of nitrogens with zero attached hydrogens (tertiary/aromatic N) is 1. The van der Waals surface area contributed by atoms with Gasteiger partial charge in [-0.3, -0.25) is 14.5 Å². The van der Waals surface area contributed by atoms with Gasteiger partial charge in [-0.25, -0.2) is 4.79 Å². The van der Waals surface area contributed by atoms with Crippen LogP contribution in [0.1, 0.15) is 39.5 Å². The molecule has 4 rings (SSSR count). The molecule has 0 saturated carbocycles. The van der Waals surface area contributed by atoms with Crippen LogP contribution in [0.25, 0.3) is 0 Å². The third-order valence-corrected chi connectivity index (χ3v) is 7.19. The third-order valence-electron chi connectivity index (χ3n) is 7.19. The molecule has 0 bridgehead atoms. The second-order valence-corrected chi connectivity index (χ2v) is 10.4. The van der Waals surface area contributed by atoms with Gasteiger partial charge in [0, 0.05) is 25.1 Å². The number of ether oxygens (including phenoxy) is 1. The number of hydrogen-bond donors (Lipinski definition) is 3. The van der Waals surface area contributed by atoms with Crippen LogP contribution >= 0.6 is 0 Å². The molecule has 4 aromatic carbocycles. The minimum Gasteiger partial charge on any atom is -0.494 e. The van der Waals surface area contributed by atoms with Crippen molar-refractivity contribution in [3.8, 4) is 5.75 Å². The second-order valence-electron chi connectivity index (χ2n) is 10.4. The predicted molar refractivity (Wildman–Crippen MR) is 172 cm³/mol. The molecule has 4 N–H and O–H groups in total. The highest BCUT2D eigenvalue weighted by Gasteiger charge is 2.30. The van der Waals surface area contributed by atoms with Crippen molar-refractivity contribution >= 4 is 17.8 Å². The fourth-order valence-corrected chi connectivity index (χ4v) is 4.80. The summed E-state index contributed by atoms with van der Waals surface area (Å²) in [6, 6.07) is 32.1. The SMILES string of the molecule is CCOc1ccc(C[C@@H](NC(=O)c2ccccc2)C(=O)N(CCc2ccccc2)C(=O)NCc2ccc(CCN)cc2)cc1. The van der Waals surface area contributed by atoms with E-state index in [-0.39, 0.29) is 19.5 Å². The van der Waals surface area contributed by atoms with Gasteiger partial charge in [0.15, 0.2) is 0 Å². The number of amides is 4. The molecule has 8 nitrogen and oxygen atoms in total. The maximum atomic E-state index is 14.2. The van der Waals surface area contributed by atoms with Crippen molar-refractivity contribution in [2.75, 3.05) is 19.7 Å². The summed E-state index contributed by atoms with van der Waals surface area (Å²) < 4.78 is 5.56. The van der Waals surface area contributed by atoms with Crippen molar-refractivity contribution in [3.05, 3.63) is 137 Å². The summed E-state index contributed by atoms with van der Waals surface area (Å²) in [7, 11) is 0. The van der Waals surface area contributed by atoms with Crippen molar-refractivity contribution in [3.63, 3.8) is 0 Å². The van der Waals surface area contributed by atoms with Gasteiger partial charge in [-0.05, 0) is 72.8 Å². The Labute approximate surface area is 259 Å². The van der Waals surface area contributed by atoms with Crippen LogP contribution in [-0.2, 0) is 30.6 Å². The first-order valence-electron chi connectivity index (χ1n) is 15.0. The number of imide groups is 1. The first-order chi connectivity index (χ1) is 21.5. The van der Waals surface area contributed by atoms with Crippen LogP contribution < -0.4 is 21.1 Å². The summed E-state index contributed by atoms with van der Waals surface area (Å²) in [5.74, 6) is -0.168. The molecule has 0 unspecified atom stereocenters. The van der Waals surface area contributed by atoms with E-state index in [1.165, 1.54) is 4.90 Å². The van der Waals surface area contributed by atoms with E-state index in [0.29, 0.717) is 30.9 Å². The lowest BCUT2D eigenvalue weighted by Crippen LogP contribution is -2.54. The lowest BCUT2D eigenvalue weighted by molar-refractivity contribution is -0.130. The van der Waals surface area contributed by atoms with Crippen LogP contribution in [0.5, 0.6) is 5.75 Å². The largest absolute Gasteiger partial charge is 0.494 e. The average molecular weight is 593 g/mol. The van der Waals surface area contributed by atoms with Crippen molar-refractivity contribution in [2.24, 2.45) is 5.73 Å². The van der Waals surface area contributed by atoms with Crippen molar-refractivity contribution in [1.29, 1.82) is 0 Å². The van der Waals surface area contributed by atoms with Gasteiger partial charge in [0.25, 0.3) is 11.8 Å². The molecular formula is C36H40N4O4. The molecule has 0 aliphatic heterocycles. The van der Waals surface area contributed by atoms with E-state index in [4.69, 9.17) is 10.5 Å². The molecule has 8 heteroatoms. The van der Waals surface area contributed by atoms with Gasteiger partial charge in [-0.15, -0.1) is 0 Å². The number of hydrogen-bond acceptors (Lipinski definition) is 5. The highest BCUT2D eigenvalue weighted by molar-refractivity contribution is 6.01. The van der Waals surface area contributed by atoms with Gasteiger partial charge < -0.3 is 21.1 Å². The summed E-state index contributed by atoms with van der Waals surface area (Å²) in [4.78, 5) is 42.3. The van der Waals surface area contributed by atoms with E-state index in [1.54, 1.807) is 24.3 Å². The maximum Gasteiger partial charge on any atom is 0.324 e. The highest BCUT2D eigenvalue weighted by Crippen LogP contribution is 2.16. The van der Waals surface area contributed by atoms with Crippen molar-refractivity contribution in [1.82, 2.24) is 15.5 Å². The van der Waals surface area contributed by atoms with Crippen LogP contribution in [0.3, 0.4) is 0 Å². The lowest BCUT2D eigenvalue weighted by Gasteiger charge is -2.27. The van der Waals surface area contributed by atoms with Crippen LogP contribution in [0, 0.1) is 0 Å². The van der Waals surface area contributed by atoms with E-state index in [1.807, 2.05) is 91.9 Å². The van der Waals surface area contributed by atoms with Crippen molar-refractivity contribution < 1.29 is 19.1 Å². The van der Waals surface area contributed by atoms with Gasteiger partial charge >= 0.3 is 6.03 Å². The molecule has 0 spiro atoms. The predicted octanol–water partition coefficient (Wildman–Crippen LogP) is 4.91. The van der Waals surface area contributed by atoms with E-state index < -0.39 is 23.9 Å². The van der Waals surface area contributed by atoms with Crippen LogP contribution in [0.4, 0.5) is 4.79 Å². The third kappa shape index (κ3) is 9.54. The molecule has 4 amide bonds. The van der Waals surface area contributed by atoms with Gasteiger partial charge in [0.05, 0.1) is 6.61 Å². The maximum absolute atomic E-state index is 14.2. The quantitative estimate of drug-likeness (QED) is 0.193. The first kappa shape index (κ1) is 32.0. The van der Waals surface area contributed by atoms with Gasteiger partial charge in [-0.1, -0.05) is 84.9 Å². The molecule has 0 fully saturated rings. The summed E-state index contributed by atoms with van der Waals surface area (Å²) in [5, 5.41) is 5.80. The lowest BCUT2D eigenvalue weighted by atomic mass is 10.0. The first-order valence-corrected chi connectivity index (χ1v) is 15.0. The second kappa shape index (κ2) is 16.6. The van der Waals surface area contributed by atoms with E-state index in [2.05, 4.69) is 10.6 Å². The normalized spacial score (nSPS) is 11.3. The van der Waals surface area contributed by atoms with E-state index in [9.17, 15) is 14.4 Å². The topological polar surface area (TPSA) is 114 Å². The fourth-order valence-electron chi connectivity index (χ4n) is 4.80. The summed E-state index contributed by atoms with van der Waals surface area (Å²) in [6.45, 7) is 3.40. The Morgan fingerprint density at radius 2 is 1.34 bits per heavy atom. The number of nitrogens with one attached hydrogen (secondary N) is 2. The Balaban J connectivity index is 1.57. The number of urea groups is 1. The fraction of sp³-hybridized carbons (Fsp3) is 0.250.